The van der Waals surface area contributed by atoms with Gasteiger partial charge in [0.25, 0.3) is 11.5 Å². The average molecular weight is 402 g/mol. The Morgan fingerprint density at radius 1 is 1.00 bits per heavy atom. The van der Waals surface area contributed by atoms with E-state index in [0.717, 1.165) is 5.56 Å². The van der Waals surface area contributed by atoms with Crippen molar-refractivity contribution in [3.05, 3.63) is 100 Å². The summed E-state index contributed by atoms with van der Waals surface area (Å²) in [6.45, 7) is 1.78. The molecule has 30 heavy (non-hydrogen) atoms. The Balaban J connectivity index is 1.86. The van der Waals surface area contributed by atoms with Gasteiger partial charge in [-0.2, -0.15) is 0 Å². The Labute approximate surface area is 172 Å². The second kappa shape index (κ2) is 7.83. The van der Waals surface area contributed by atoms with E-state index < -0.39 is 11.7 Å². The summed E-state index contributed by atoms with van der Waals surface area (Å²) in [4.78, 5) is 26.2. The number of rotatable bonds is 4. The molecule has 0 saturated carbocycles. The zero-order valence-corrected chi connectivity index (χ0v) is 16.5. The van der Waals surface area contributed by atoms with Crippen molar-refractivity contribution in [2.24, 2.45) is 0 Å². The summed E-state index contributed by atoms with van der Waals surface area (Å²) in [6, 6.07) is 18.1. The van der Waals surface area contributed by atoms with Gasteiger partial charge in [0.05, 0.1) is 12.7 Å². The second-order valence-corrected chi connectivity index (χ2v) is 6.87. The highest BCUT2D eigenvalue weighted by Gasteiger charge is 2.16. The lowest BCUT2D eigenvalue weighted by molar-refractivity contribution is 0.102. The maximum Gasteiger partial charge on any atom is 0.262 e. The minimum atomic E-state index is -0.441. The van der Waals surface area contributed by atoms with Gasteiger partial charge in [-0.1, -0.05) is 24.3 Å². The Hall–Kier alpha value is -3.93. The summed E-state index contributed by atoms with van der Waals surface area (Å²) in [6.07, 6.45) is 1.51. The number of methoxy groups -OCH3 is 1. The van der Waals surface area contributed by atoms with E-state index in [-0.39, 0.29) is 5.56 Å². The van der Waals surface area contributed by atoms with Crippen LogP contribution in [0.5, 0.6) is 5.75 Å². The fourth-order valence-electron chi connectivity index (χ4n) is 3.33. The van der Waals surface area contributed by atoms with Gasteiger partial charge in [-0.15, -0.1) is 0 Å². The van der Waals surface area contributed by atoms with E-state index in [2.05, 4.69) is 5.32 Å². The van der Waals surface area contributed by atoms with Crippen molar-refractivity contribution in [3.63, 3.8) is 0 Å². The van der Waals surface area contributed by atoms with Crippen LogP contribution in [0.3, 0.4) is 0 Å². The van der Waals surface area contributed by atoms with Crippen molar-refractivity contribution in [2.75, 3.05) is 12.4 Å². The van der Waals surface area contributed by atoms with Gasteiger partial charge >= 0.3 is 0 Å². The molecule has 0 fully saturated rings. The van der Waals surface area contributed by atoms with E-state index in [1.54, 1.807) is 68.6 Å². The number of hydrogen-bond acceptors (Lipinski definition) is 3. The van der Waals surface area contributed by atoms with Crippen molar-refractivity contribution in [3.8, 4) is 11.4 Å². The van der Waals surface area contributed by atoms with Gasteiger partial charge in [-0.05, 0) is 55.0 Å². The second-order valence-electron chi connectivity index (χ2n) is 6.87. The zero-order chi connectivity index (χ0) is 21.3. The van der Waals surface area contributed by atoms with Crippen molar-refractivity contribution in [2.45, 2.75) is 6.92 Å². The number of halogens is 1. The largest absolute Gasteiger partial charge is 0.497 e. The number of carbonyl (C=O) groups is 1. The first-order valence-electron chi connectivity index (χ1n) is 9.34. The number of amides is 1. The molecule has 6 heteroatoms. The van der Waals surface area contributed by atoms with Crippen LogP contribution in [-0.4, -0.2) is 17.6 Å². The topological polar surface area (TPSA) is 60.3 Å². The lowest BCUT2D eigenvalue weighted by Gasteiger charge is -2.14. The number of carbonyl (C=O) groups excluding carboxylic acids is 1. The van der Waals surface area contributed by atoms with Gasteiger partial charge in [-0.25, -0.2) is 4.39 Å². The molecule has 4 aromatic rings. The fraction of sp³-hybridized carbons (Fsp3) is 0.0833. The number of pyridine rings is 1. The summed E-state index contributed by atoms with van der Waals surface area (Å²) in [7, 11) is 1.56. The predicted molar refractivity (Wildman–Crippen MR) is 115 cm³/mol. The van der Waals surface area contributed by atoms with E-state index in [1.165, 1.54) is 22.9 Å². The van der Waals surface area contributed by atoms with E-state index >= 15 is 0 Å². The van der Waals surface area contributed by atoms with Crippen LogP contribution < -0.4 is 15.6 Å². The van der Waals surface area contributed by atoms with Crippen LogP contribution in [0.4, 0.5) is 10.1 Å². The molecule has 0 unspecified atom stereocenters. The van der Waals surface area contributed by atoms with Gasteiger partial charge in [0.15, 0.2) is 0 Å². The van der Waals surface area contributed by atoms with Crippen LogP contribution >= 0.6 is 0 Å². The third kappa shape index (κ3) is 3.55. The Kier molecular flexibility index (Phi) is 5.06. The molecular formula is C24H19FN2O3. The molecule has 0 bridgehead atoms. The maximum absolute atomic E-state index is 13.6. The Bertz CT molecular complexity index is 1310. The zero-order valence-electron chi connectivity index (χ0n) is 16.5. The van der Waals surface area contributed by atoms with Gasteiger partial charge in [0.2, 0.25) is 0 Å². The number of ether oxygens (including phenoxy) is 1. The third-order valence-corrected chi connectivity index (χ3v) is 4.97. The molecule has 3 aromatic carbocycles. The molecular weight excluding hydrogens is 383 g/mol. The molecule has 0 aliphatic heterocycles. The molecule has 1 N–H and O–H groups in total. The van der Waals surface area contributed by atoms with Crippen LogP contribution in [0.1, 0.15) is 15.9 Å². The molecule has 150 valence electrons. The predicted octanol–water partition coefficient (Wildman–Crippen LogP) is 4.70. The van der Waals surface area contributed by atoms with Gasteiger partial charge in [0.1, 0.15) is 11.6 Å². The first-order valence-corrected chi connectivity index (χ1v) is 9.34. The number of anilines is 1. The van der Waals surface area contributed by atoms with Gasteiger partial charge in [0, 0.05) is 28.3 Å². The van der Waals surface area contributed by atoms with Crippen LogP contribution in [-0.2, 0) is 0 Å². The normalized spacial score (nSPS) is 10.8. The number of aromatic nitrogens is 1. The highest BCUT2D eigenvalue weighted by molar-refractivity contribution is 6.12. The Morgan fingerprint density at radius 2 is 1.70 bits per heavy atom. The monoisotopic (exact) mass is 402 g/mol. The SMILES string of the molecule is COc1ccc(-n2cc(C(=O)Nc3cc(F)ccc3C)c3ccccc3c2=O)cc1. The van der Waals surface area contributed by atoms with Crippen LogP contribution in [0.2, 0.25) is 0 Å². The molecule has 0 spiro atoms. The fourth-order valence-corrected chi connectivity index (χ4v) is 3.33. The minimum absolute atomic E-state index is 0.241. The summed E-state index contributed by atoms with van der Waals surface area (Å²) < 4.78 is 20.2. The molecule has 0 radical (unpaired) electrons. The van der Waals surface area contributed by atoms with Crippen molar-refractivity contribution in [1.82, 2.24) is 4.57 Å². The number of hydrogen-bond donors (Lipinski definition) is 1. The molecule has 1 aromatic heterocycles. The number of fused-ring (bicyclic) bond motifs is 1. The van der Waals surface area contributed by atoms with Crippen molar-refractivity contribution < 1.29 is 13.9 Å². The Morgan fingerprint density at radius 3 is 2.40 bits per heavy atom. The maximum atomic E-state index is 13.6. The molecule has 4 rings (SSSR count). The molecule has 5 nitrogen and oxygen atoms in total. The lowest BCUT2D eigenvalue weighted by atomic mass is 10.1. The quantitative estimate of drug-likeness (QED) is 0.538. The smallest absolute Gasteiger partial charge is 0.262 e. The average Bonchev–Trinajstić information content (AvgIpc) is 2.77. The molecule has 1 amide bonds. The molecule has 1 heterocycles. The lowest BCUT2D eigenvalue weighted by Crippen LogP contribution is -2.22. The van der Waals surface area contributed by atoms with E-state index in [4.69, 9.17) is 4.74 Å². The molecule has 0 atom stereocenters. The molecule has 0 aliphatic rings. The van der Waals surface area contributed by atoms with Crippen LogP contribution in [0.15, 0.2) is 77.7 Å². The highest BCUT2D eigenvalue weighted by Crippen LogP contribution is 2.22. The van der Waals surface area contributed by atoms with Crippen LogP contribution in [0, 0.1) is 12.7 Å². The molecule has 0 aliphatic carbocycles. The van der Waals surface area contributed by atoms with Gasteiger partial charge in [-0.3, -0.25) is 14.2 Å². The standard InChI is InChI=1S/C24H19FN2O3/c1-15-7-8-16(25)13-22(15)26-23(28)21-14-27(17-9-11-18(30-2)12-10-17)24(29)20-6-4-3-5-19(20)21/h3-14H,1-2H3,(H,26,28). The van der Waals surface area contributed by atoms with Crippen LogP contribution in [0.25, 0.3) is 16.5 Å². The number of nitrogens with one attached hydrogen (secondary N) is 1. The summed E-state index contributed by atoms with van der Waals surface area (Å²) in [5.74, 6) is -0.210. The molecule has 0 saturated heterocycles. The van der Waals surface area contributed by atoms with Gasteiger partial charge < -0.3 is 10.1 Å². The summed E-state index contributed by atoms with van der Waals surface area (Å²) in [5.41, 5.74) is 1.78. The van der Waals surface area contributed by atoms with E-state index in [0.29, 0.717) is 33.5 Å². The number of benzene rings is 3. The van der Waals surface area contributed by atoms with E-state index in [9.17, 15) is 14.0 Å². The number of nitrogens with zero attached hydrogens (tertiary/aromatic N) is 1. The third-order valence-electron chi connectivity index (χ3n) is 4.97. The van der Waals surface area contributed by atoms with Crippen molar-refractivity contribution in [1.29, 1.82) is 0 Å². The summed E-state index contributed by atoms with van der Waals surface area (Å²) >= 11 is 0. The first kappa shape index (κ1) is 19.4. The number of aryl methyl sites for hydroxylation is 1. The van der Waals surface area contributed by atoms with E-state index in [1.807, 2.05) is 0 Å². The summed E-state index contributed by atoms with van der Waals surface area (Å²) in [5, 5.41) is 3.70. The first-order chi connectivity index (χ1) is 14.5. The highest BCUT2D eigenvalue weighted by atomic mass is 19.1. The minimum Gasteiger partial charge on any atom is -0.497 e. The van der Waals surface area contributed by atoms with Crippen molar-refractivity contribution >= 4 is 22.4 Å².